The Labute approximate surface area is 76.3 Å². The number of rotatable bonds is 2. The molecule has 0 aromatic heterocycles. The first-order valence-corrected chi connectivity index (χ1v) is 3.81. The van der Waals surface area contributed by atoms with Gasteiger partial charge in [-0.25, -0.2) is 4.79 Å². The van der Waals surface area contributed by atoms with Crippen LogP contribution in [0.2, 0.25) is 0 Å². The highest BCUT2D eigenvalue weighted by Gasteiger charge is 1.95. The van der Waals surface area contributed by atoms with Gasteiger partial charge in [0.2, 0.25) is 0 Å². The molecule has 0 heterocycles. The average Bonchev–Trinajstić information content (AvgIpc) is 2.15. The first-order chi connectivity index (χ1) is 6.33. The summed E-state index contributed by atoms with van der Waals surface area (Å²) in [5.41, 5.74) is 0.926. The van der Waals surface area contributed by atoms with Gasteiger partial charge >= 0.3 is 0 Å². The number of allylic oxidation sites excluding steroid dienone is 9. The molecule has 0 atom stereocenters. The van der Waals surface area contributed by atoms with Crippen molar-refractivity contribution in [2.24, 2.45) is 0 Å². The van der Waals surface area contributed by atoms with Crippen LogP contribution >= 0.6 is 0 Å². The van der Waals surface area contributed by atoms with E-state index in [-0.39, 0.29) is 5.78 Å². The van der Waals surface area contributed by atoms with Crippen LogP contribution < -0.4 is 0 Å². The molecule has 0 aromatic rings. The molecule has 0 aliphatic heterocycles. The molecule has 2 heteroatoms. The third kappa shape index (κ3) is 3.32. The van der Waals surface area contributed by atoms with Crippen LogP contribution in [0, 0.1) is 0 Å². The predicted octanol–water partition coefficient (Wildman–Crippen LogP) is 1.55. The Morgan fingerprint density at radius 1 is 1.08 bits per heavy atom. The van der Waals surface area contributed by atoms with Crippen LogP contribution in [0.5, 0.6) is 0 Å². The van der Waals surface area contributed by atoms with Gasteiger partial charge in [0.25, 0.3) is 0 Å². The van der Waals surface area contributed by atoms with Crippen molar-refractivity contribution in [1.29, 1.82) is 0 Å². The fraction of sp³-hybridized carbons (Fsp3) is 0. The molecule has 0 radical (unpaired) electrons. The van der Waals surface area contributed by atoms with E-state index in [0.717, 1.165) is 5.57 Å². The summed E-state index contributed by atoms with van der Waals surface area (Å²) in [4.78, 5) is 20.5. The van der Waals surface area contributed by atoms with Crippen LogP contribution in [-0.4, -0.2) is 11.7 Å². The van der Waals surface area contributed by atoms with Gasteiger partial charge < -0.3 is 0 Å². The second-order valence-corrected chi connectivity index (χ2v) is 2.41. The Hall–Kier alpha value is -1.92. The van der Waals surface area contributed by atoms with Crippen molar-refractivity contribution < 1.29 is 9.59 Å². The predicted molar refractivity (Wildman–Crippen MR) is 50.8 cm³/mol. The maximum atomic E-state index is 10.7. The van der Waals surface area contributed by atoms with E-state index in [1.165, 1.54) is 18.2 Å². The van der Waals surface area contributed by atoms with E-state index < -0.39 is 0 Å². The van der Waals surface area contributed by atoms with Gasteiger partial charge in [0.05, 0.1) is 0 Å². The first kappa shape index (κ1) is 9.17. The van der Waals surface area contributed by atoms with Crippen LogP contribution in [-0.2, 0) is 9.59 Å². The van der Waals surface area contributed by atoms with Crippen molar-refractivity contribution in [2.75, 3.05) is 0 Å². The van der Waals surface area contributed by atoms with Crippen molar-refractivity contribution in [3.63, 3.8) is 0 Å². The number of ketones is 1. The Morgan fingerprint density at radius 3 is 2.38 bits per heavy atom. The molecule has 2 nitrogen and oxygen atoms in total. The molecule has 0 fully saturated rings. The molecule has 1 aliphatic rings. The fourth-order valence-electron chi connectivity index (χ4n) is 0.840. The second-order valence-electron chi connectivity index (χ2n) is 2.41. The van der Waals surface area contributed by atoms with Gasteiger partial charge in [-0.2, -0.15) is 0 Å². The third-order valence-electron chi connectivity index (χ3n) is 1.44. The summed E-state index contributed by atoms with van der Waals surface area (Å²) in [7, 11) is 0. The molecular weight excluding hydrogens is 164 g/mol. The zero-order valence-corrected chi connectivity index (χ0v) is 6.94. The summed E-state index contributed by atoms with van der Waals surface area (Å²) in [6.45, 7) is 0. The van der Waals surface area contributed by atoms with Gasteiger partial charge in [0.1, 0.15) is 5.94 Å². The van der Waals surface area contributed by atoms with Crippen LogP contribution in [0.15, 0.2) is 54.2 Å². The zero-order valence-electron chi connectivity index (χ0n) is 6.94. The van der Waals surface area contributed by atoms with Gasteiger partial charge in [0, 0.05) is 6.08 Å². The van der Waals surface area contributed by atoms with Crippen LogP contribution in [0.25, 0.3) is 0 Å². The van der Waals surface area contributed by atoms with Gasteiger partial charge in [0.15, 0.2) is 5.78 Å². The largest absolute Gasteiger partial charge is 0.290 e. The Balaban J connectivity index is 2.64. The summed E-state index contributed by atoms with van der Waals surface area (Å²) in [6.07, 6.45) is 12.8. The lowest BCUT2D eigenvalue weighted by molar-refractivity contribution is -0.110. The third-order valence-corrected chi connectivity index (χ3v) is 1.44. The molecule has 0 unspecified atom stereocenters. The summed E-state index contributed by atoms with van der Waals surface area (Å²) in [5.74, 6) is 1.63. The Bertz CT molecular complexity index is 344. The summed E-state index contributed by atoms with van der Waals surface area (Å²) >= 11 is 0. The normalized spacial score (nSPS) is 14.8. The fourth-order valence-corrected chi connectivity index (χ4v) is 0.840. The molecule has 0 bridgehead atoms. The van der Waals surface area contributed by atoms with E-state index in [2.05, 4.69) is 0 Å². The van der Waals surface area contributed by atoms with Gasteiger partial charge in [-0.05, 0) is 17.7 Å². The molecular formula is C11H8O2. The lowest BCUT2D eigenvalue weighted by Crippen LogP contribution is -1.90. The number of carbonyl (C=O) groups excluding carboxylic acids is 2. The molecule has 1 rings (SSSR count). The van der Waals surface area contributed by atoms with Crippen molar-refractivity contribution in [3.8, 4) is 0 Å². The second kappa shape index (κ2) is 4.86. The minimum Gasteiger partial charge on any atom is -0.290 e. The minimum atomic E-state index is -0.00563. The van der Waals surface area contributed by atoms with Crippen molar-refractivity contribution in [1.82, 2.24) is 0 Å². The molecule has 1 aliphatic carbocycles. The van der Waals surface area contributed by atoms with Crippen LogP contribution in [0.3, 0.4) is 0 Å². The monoisotopic (exact) mass is 172 g/mol. The van der Waals surface area contributed by atoms with Gasteiger partial charge in [-0.1, -0.05) is 30.4 Å². The highest BCUT2D eigenvalue weighted by molar-refractivity contribution is 6.01. The Kier molecular flexibility index (Phi) is 3.43. The summed E-state index contributed by atoms with van der Waals surface area (Å²) < 4.78 is 0. The maximum absolute atomic E-state index is 10.7. The molecule has 0 aromatic carbocycles. The highest BCUT2D eigenvalue weighted by Crippen LogP contribution is 2.05. The van der Waals surface area contributed by atoms with Gasteiger partial charge in [-0.3, -0.25) is 4.79 Å². The molecule has 0 spiro atoms. The van der Waals surface area contributed by atoms with Crippen molar-refractivity contribution in [2.45, 2.75) is 0 Å². The number of hydrogen-bond acceptors (Lipinski definition) is 2. The van der Waals surface area contributed by atoms with E-state index >= 15 is 0 Å². The van der Waals surface area contributed by atoms with E-state index in [4.69, 9.17) is 0 Å². The highest BCUT2D eigenvalue weighted by atomic mass is 16.1. The first-order valence-electron chi connectivity index (χ1n) is 3.81. The molecule has 13 heavy (non-hydrogen) atoms. The topological polar surface area (TPSA) is 34.1 Å². The smallest absolute Gasteiger partial charge is 0.178 e. The zero-order chi connectivity index (χ0) is 9.52. The SMILES string of the molecule is O=C=C/C=C/C=C1C=CC(=O)C=C1. The van der Waals surface area contributed by atoms with E-state index in [1.807, 2.05) is 0 Å². The molecule has 64 valence electrons. The molecule has 0 amide bonds. The molecule has 0 N–H and O–H groups in total. The standard InChI is InChI=1S/C11H8O2/c12-9-3-1-2-4-10-5-7-11(13)8-6-10/h1-8H/b2-1+. The lowest BCUT2D eigenvalue weighted by Gasteiger charge is -1.95. The number of carbonyl (C=O) groups is 1. The van der Waals surface area contributed by atoms with Crippen LogP contribution in [0.1, 0.15) is 0 Å². The van der Waals surface area contributed by atoms with Crippen LogP contribution in [0.4, 0.5) is 0 Å². The Morgan fingerprint density at radius 2 is 1.77 bits per heavy atom. The van der Waals surface area contributed by atoms with Crippen molar-refractivity contribution in [3.05, 3.63) is 54.2 Å². The van der Waals surface area contributed by atoms with Gasteiger partial charge in [-0.15, -0.1) is 0 Å². The van der Waals surface area contributed by atoms with Crippen molar-refractivity contribution >= 4 is 11.7 Å². The van der Waals surface area contributed by atoms with E-state index in [9.17, 15) is 9.59 Å². The number of hydrogen-bond donors (Lipinski definition) is 0. The molecule has 0 saturated carbocycles. The lowest BCUT2D eigenvalue weighted by atomic mass is 10.1. The maximum Gasteiger partial charge on any atom is 0.178 e. The molecule has 0 saturated heterocycles. The van der Waals surface area contributed by atoms with E-state index in [0.29, 0.717) is 0 Å². The summed E-state index contributed by atoms with van der Waals surface area (Å²) in [5, 5.41) is 0. The summed E-state index contributed by atoms with van der Waals surface area (Å²) in [6, 6.07) is 0. The van der Waals surface area contributed by atoms with E-state index in [1.54, 1.807) is 36.3 Å². The minimum absolute atomic E-state index is 0.00563. The quantitative estimate of drug-likeness (QED) is 0.468. The average molecular weight is 172 g/mol.